The van der Waals surface area contributed by atoms with E-state index in [-0.39, 0.29) is 23.0 Å². The van der Waals surface area contributed by atoms with E-state index in [1.165, 1.54) is 28.0 Å². The zero-order chi connectivity index (χ0) is 20.9. The maximum absolute atomic E-state index is 12.3. The van der Waals surface area contributed by atoms with Gasteiger partial charge < -0.3 is 19.3 Å². The lowest BCUT2D eigenvalue weighted by Gasteiger charge is -2.33. The molecule has 1 aromatic carbocycles. The standard InChI is InChI=1S/C18H24N2O7S/c1-4-26-18(23)20-9-7-19(8-10-20)16(21)12-27-17(22)15-11-14(28(3,24)25)6-5-13(15)2/h5-6,11H,4,7-10,12H2,1-3H3. The molecule has 0 saturated carbocycles. The summed E-state index contributed by atoms with van der Waals surface area (Å²) in [6.45, 7) is 4.52. The van der Waals surface area contributed by atoms with E-state index in [4.69, 9.17) is 9.47 Å². The van der Waals surface area contributed by atoms with E-state index in [9.17, 15) is 22.8 Å². The highest BCUT2D eigenvalue weighted by molar-refractivity contribution is 7.90. The number of ether oxygens (including phenoxy) is 2. The van der Waals surface area contributed by atoms with Crippen LogP contribution in [0.4, 0.5) is 4.79 Å². The number of benzene rings is 1. The van der Waals surface area contributed by atoms with Crippen LogP contribution < -0.4 is 0 Å². The molecule has 1 aromatic rings. The van der Waals surface area contributed by atoms with E-state index in [1.807, 2.05) is 0 Å². The normalized spacial score (nSPS) is 14.5. The van der Waals surface area contributed by atoms with E-state index in [0.717, 1.165) is 6.26 Å². The van der Waals surface area contributed by atoms with Crippen molar-refractivity contribution in [2.45, 2.75) is 18.7 Å². The van der Waals surface area contributed by atoms with Crippen LogP contribution in [0.25, 0.3) is 0 Å². The third-order valence-electron chi connectivity index (χ3n) is 4.34. The second-order valence-corrected chi connectivity index (χ2v) is 8.41. The van der Waals surface area contributed by atoms with Crippen molar-refractivity contribution in [3.8, 4) is 0 Å². The van der Waals surface area contributed by atoms with Gasteiger partial charge in [-0.1, -0.05) is 6.07 Å². The molecule has 9 nitrogen and oxygen atoms in total. The van der Waals surface area contributed by atoms with Crippen LogP contribution in [-0.2, 0) is 24.1 Å². The first kappa shape index (κ1) is 21.7. The second kappa shape index (κ2) is 9.05. The molecule has 154 valence electrons. The van der Waals surface area contributed by atoms with Crippen molar-refractivity contribution in [2.24, 2.45) is 0 Å². The summed E-state index contributed by atoms with van der Waals surface area (Å²) in [5, 5.41) is 0. The Morgan fingerprint density at radius 1 is 1.04 bits per heavy atom. The third-order valence-corrected chi connectivity index (χ3v) is 5.45. The lowest BCUT2D eigenvalue weighted by molar-refractivity contribution is -0.136. The fourth-order valence-electron chi connectivity index (χ4n) is 2.70. The highest BCUT2D eigenvalue weighted by atomic mass is 32.2. The summed E-state index contributed by atoms with van der Waals surface area (Å²) in [7, 11) is -3.47. The number of rotatable bonds is 5. The summed E-state index contributed by atoms with van der Waals surface area (Å²) in [6.07, 6.45) is 0.633. The molecule has 0 N–H and O–H groups in total. The topological polar surface area (TPSA) is 110 Å². The van der Waals surface area contributed by atoms with Gasteiger partial charge in [-0.2, -0.15) is 0 Å². The van der Waals surface area contributed by atoms with Gasteiger partial charge in [-0.3, -0.25) is 4.79 Å². The van der Waals surface area contributed by atoms with E-state index < -0.39 is 28.5 Å². The molecule has 1 aliphatic rings. The summed E-state index contributed by atoms with van der Waals surface area (Å²) < 4.78 is 33.3. The molecule has 10 heteroatoms. The Bertz CT molecular complexity index is 859. The van der Waals surface area contributed by atoms with E-state index in [1.54, 1.807) is 13.8 Å². The van der Waals surface area contributed by atoms with Crippen molar-refractivity contribution in [1.29, 1.82) is 0 Å². The number of hydrogen-bond acceptors (Lipinski definition) is 7. The number of nitrogens with zero attached hydrogens (tertiary/aromatic N) is 2. The van der Waals surface area contributed by atoms with Crippen LogP contribution in [0.3, 0.4) is 0 Å². The summed E-state index contributed by atoms with van der Waals surface area (Å²) >= 11 is 0. The van der Waals surface area contributed by atoms with Crippen molar-refractivity contribution < 1.29 is 32.3 Å². The summed E-state index contributed by atoms with van der Waals surface area (Å²) in [5.74, 6) is -1.14. The zero-order valence-electron chi connectivity index (χ0n) is 16.1. The summed E-state index contributed by atoms with van der Waals surface area (Å²) in [6, 6.07) is 4.18. The molecule has 0 atom stereocenters. The molecule has 0 bridgehead atoms. The molecule has 0 unspecified atom stereocenters. The maximum atomic E-state index is 12.3. The smallest absolute Gasteiger partial charge is 0.409 e. The molecule has 1 fully saturated rings. The predicted octanol–water partition coefficient (Wildman–Crippen LogP) is 0.856. The van der Waals surface area contributed by atoms with Gasteiger partial charge in [0.1, 0.15) is 0 Å². The Kier molecular flexibility index (Phi) is 7.00. The molecule has 1 saturated heterocycles. The van der Waals surface area contributed by atoms with Gasteiger partial charge in [0.25, 0.3) is 5.91 Å². The van der Waals surface area contributed by atoms with Crippen LogP contribution in [0.5, 0.6) is 0 Å². The number of amides is 2. The van der Waals surface area contributed by atoms with Crippen molar-refractivity contribution in [2.75, 3.05) is 45.6 Å². The molecule has 2 rings (SSSR count). The lowest BCUT2D eigenvalue weighted by atomic mass is 10.1. The number of piperazine rings is 1. The molecule has 0 spiro atoms. The van der Waals surface area contributed by atoms with Gasteiger partial charge in [-0.05, 0) is 31.5 Å². The Labute approximate surface area is 164 Å². The summed E-state index contributed by atoms with van der Waals surface area (Å²) in [5.41, 5.74) is 0.649. The largest absolute Gasteiger partial charge is 0.452 e. The predicted molar refractivity (Wildman–Crippen MR) is 99.7 cm³/mol. The average Bonchev–Trinajstić information content (AvgIpc) is 2.65. The first-order valence-corrected chi connectivity index (χ1v) is 10.7. The first-order chi connectivity index (χ1) is 13.1. The third kappa shape index (κ3) is 5.44. The molecule has 1 heterocycles. The fraction of sp³-hybridized carbons (Fsp3) is 0.500. The van der Waals surface area contributed by atoms with Crippen LogP contribution in [0.1, 0.15) is 22.8 Å². The van der Waals surface area contributed by atoms with Crippen LogP contribution in [0, 0.1) is 6.92 Å². The molecule has 0 aromatic heterocycles. The van der Waals surface area contributed by atoms with Gasteiger partial charge in [0, 0.05) is 32.4 Å². The van der Waals surface area contributed by atoms with Crippen LogP contribution in [0.15, 0.2) is 23.1 Å². The Morgan fingerprint density at radius 3 is 2.21 bits per heavy atom. The minimum Gasteiger partial charge on any atom is -0.452 e. The molecule has 0 radical (unpaired) electrons. The van der Waals surface area contributed by atoms with Crippen LogP contribution >= 0.6 is 0 Å². The molecule has 2 amide bonds. The second-order valence-electron chi connectivity index (χ2n) is 6.39. The van der Waals surface area contributed by atoms with Crippen molar-refractivity contribution >= 4 is 27.8 Å². The van der Waals surface area contributed by atoms with Crippen molar-refractivity contribution in [3.05, 3.63) is 29.3 Å². The molecular formula is C18H24N2O7S. The molecule has 0 aliphatic carbocycles. The number of sulfone groups is 1. The van der Waals surface area contributed by atoms with Crippen molar-refractivity contribution in [3.63, 3.8) is 0 Å². The fourth-order valence-corrected chi connectivity index (χ4v) is 3.35. The van der Waals surface area contributed by atoms with Crippen LogP contribution in [0.2, 0.25) is 0 Å². The number of esters is 1. The minimum atomic E-state index is -3.47. The monoisotopic (exact) mass is 412 g/mol. The van der Waals surface area contributed by atoms with Gasteiger partial charge in [-0.15, -0.1) is 0 Å². The Morgan fingerprint density at radius 2 is 1.64 bits per heavy atom. The average molecular weight is 412 g/mol. The van der Waals surface area contributed by atoms with E-state index in [2.05, 4.69) is 0 Å². The highest BCUT2D eigenvalue weighted by Gasteiger charge is 2.25. The van der Waals surface area contributed by atoms with Crippen molar-refractivity contribution in [1.82, 2.24) is 9.80 Å². The van der Waals surface area contributed by atoms with E-state index in [0.29, 0.717) is 31.7 Å². The van der Waals surface area contributed by atoms with E-state index >= 15 is 0 Å². The van der Waals surface area contributed by atoms with Gasteiger partial charge in [0.05, 0.1) is 17.1 Å². The lowest BCUT2D eigenvalue weighted by Crippen LogP contribution is -2.51. The minimum absolute atomic E-state index is 0.00598. The summed E-state index contributed by atoms with van der Waals surface area (Å²) in [4.78, 5) is 39.2. The number of hydrogen-bond donors (Lipinski definition) is 0. The van der Waals surface area contributed by atoms with Crippen LogP contribution in [-0.4, -0.2) is 81.8 Å². The first-order valence-electron chi connectivity index (χ1n) is 8.80. The molecule has 1 aliphatic heterocycles. The Balaban J connectivity index is 1.92. The highest BCUT2D eigenvalue weighted by Crippen LogP contribution is 2.17. The quantitative estimate of drug-likeness (QED) is 0.660. The number of carbonyl (C=O) groups is 3. The SMILES string of the molecule is CCOC(=O)N1CCN(C(=O)COC(=O)c2cc(S(C)(=O)=O)ccc2C)CC1. The van der Waals surface area contributed by atoms with Gasteiger partial charge in [-0.25, -0.2) is 18.0 Å². The van der Waals surface area contributed by atoms with Gasteiger partial charge in [0.15, 0.2) is 16.4 Å². The molecule has 28 heavy (non-hydrogen) atoms. The Hall–Kier alpha value is -2.62. The molecular weight excluding hydrogens is 388 g/mol. The number of carbonyl (C=O) groups excluding carboxylic acids is 3. The zero-order valence-corrected chi connectivity index (χ0v) is 17.0. The maximum Gasteiger partial charge on any atom is 0.409 e. The van der Waals surface area contributed by atoms with Gasteiger partial charge in [0.2, 0.25) is 0 Å². The van der Waals surface area contributed by atoms with Gasteiger partial charge >= 0.3 is 12.1 Å². The number of aryl methyl sites for hydroxylation is 1.